The average molecular weight is 295 g/mol. The smallest absolute Gasteiger partial charge is 0.274 e. The maximum atomic E-state index is 12.2. The van der Waals surface area contributed by atoms with Gasteiger partial charge in [-0.15, -0.1) is 0 Å². The quantitative estimate of drug-likeness (QED) is 0.800. The molecule has 0 saturated carbocycles. The van der Waals surface area contributed by atoms with Crippen molar-refractivity contribution in [2.45, 2.75) is 19.8 Å². The molecule has 0 spiro atoms. The number of carbonyl (C=O) groups is 1. The van der Waals surface area contributed by atoms with Gasteiger partial charge in [0.1, 0.15) is 17.8 Å². The van der Waals surface area contributed by atoms with Gasteiger partial charge in [-0.3, -0.25) is 4.79 Å². The summed E-state index contributed by atoms with van der Waals surface area (Å²) in [6.07, 6.45) is 3.47. The number of aromatic nitrogens is 2. The van der Waals surface area contributed by atoms with Gasteiger partial charge in [0.15, 0.2) is 0 Å². The lowest BCUT2D eigenvalue weighted by Gasteiger charge is -2.07. The summed E-state index contributed by atoms with van der Waals surface area (Å²) < 4.78 is 0. The number of nitriles is 1. The van der Waals surface area contributed by atoms with Crippen molar-refractivity contribution < 1.29 is 4.79 Å². The molecule has 1 aromatic heterocycles. The SMILES string of the molecule is CCCCNc1cc(C(=O)Nc2cccc(C#N)c2)ncn1. The first-order valence-corrected chi connectivity index (χ1v) is 7.10. The standard InChI is InChI=1S/C16H17N5O/c1-2-3-7-18-15-9-14(19-11-20-15)16(22)21-13-6-4-5-12(8-13)10-17/h4-6,8-9,11H,2-3,7H2,1H3,(H,21,22)(H,18,19,20). The molecule has 0 aliphatic rings. The highest BCUT2D eigenvalue weighted by molar-refractivity contribution is 6.03. The molecule has 2 N–H and O–H groups in total. The Kier molecular flexibility index (Phi) is 5.44. The Balaban J connectivity index is 2.05. The van der Waals surface area contributed by atoms with E-state index >= 15 is 0 Å². The summed E-state index contributed by atoms with van der Waals surface area (Å²) >= 11 is 0. The van der Waals surface area contributed by atoms with Crippen LogP contribution >= 0.6 is 0 Å². The van der Waals surface area contributed by atoms with Crippen molar-refractivity contribution in [1.29, 1.82) is 5.26 Å². The molecule has 1 amide bonds. The molecule has 1 aromatic carbocycles. The number of hydrogen-bond acceptors (Lipinski definition) is 5. The van der Waals surface area contributed by atoms with Crippen molar-refractivity contribution in [3.63, 3.8) is 0 Å². The largest absolute Gasteiger partial charge is 0.370 e. The first kappa shape index (κ1) is 15.4. The van der Waals surface area contributed by atoms with Gasteiger partial charge in [-0.2, -0.15) is 5.26 Å². The van der Waals surface area contributed by atoms with Gasteiger partial charge >= 0.3 is 0 Å². The lowest BCUT2D eigenvalue weighted by atomic mass is 10.2. The topological polar surface area (TPSA) is 90.7 Å². The van der Waals surface area contributed by atoms with Crippen LogP contribution in [0.5, 0.6) is 0 Å². The molecule has 0 aliphatic heterocycles. The van der Waals surface area contributed by atoms with Gasteiger partial charge in [-0.05, 0) is 24.6 Å². The van der Waals surface area contributed by atoms with Gasteiger partial charge in [0.2, 0.25) is 0 Å². The number of hydrogen-bond donors (Lipinski definition) is 2. The zero-order valence-electron chi connectivity index (χ0n) is 12.3. The lowest BCUT2D eigenvalue weighted by Crippen LogP contribution is -2.15. The number of nitrogens with one attached hydrogen (secondary N) is 2. The highest BCUT2D eigenvalue weighted by Gasteiger charge is 2.09. The minimum absolute atomic E-state index is 0.274. The van der Waals surface area contributed by atoms with Gasteiger partial charge in [0.25, 0.3) is 5.91 Å². The average Bonchev–Trinajstić information content (AvgIpc) is 2.55. The minimum atomic E-state index is -0.337. The van der Waals surface area contributed by atoms with Crippen LogP contribution in [0.25, 0.3) is 0 Å². The number of benzene rings is 1. The molecule has 0 unspecified atom stereocenters. The summed E-state index contributed by atoms with van der Waals surface area (Å²) in [6.45, 7) is 2.91. The summed E-state index contributed by atoms with van der Waals surface area (Å²) in [5, 5.41) is 14.7. The Morgan fingerprint density at radius 2 is 2.18 bits per heavy atom. The fourth-order valence-electron chi connectivity index (χ4n) is 1.83. The highest BCUT2D eigenvalue weighted by atomic mass is 16.1. The maximum absolute atomic E-state index is 12.2. The zero-order chi connectivity index (χ0) is 15.8. The first-order chi connectivity index (χ1) is 10.7. The molecule has 22 heavy (non-hydrogen) atoms. The van der Waals surface area contributed by atoms with Crippen molar-refractivity contribution in [1.82, 2.24) is 9.97 Å². The van der Waals surface area contributed by atoms with Gasteiger partial charge < -0.3 is 10.6 Å². The Hall–Kier alpha value is -2.94. The second-order valence-electron chi connectivity index (χ2n) is 4.72. The predicted molar refractivity (Wildman–Crippen MR) is 84.5 cm³/mol. The van der Waals surface area contributed by atoms with E-state index in [1.165, 1.54) is 6.33 Å². The molecule has 0 aliphatic carbocycles. The Morgan fingerprint density at radius 3 is 2.95 bits per heavy atom. The molecule has 2 rings (SSSR count). The Labute approximate surface area is 129 Å². The predicted octanol–water partition coefficient (Wildman–Crippen LogP) is 2.81. The van der Waals surface area contributed by atoms with E-state index in [0.717, 1.165) is 19.4 Å². The molecule has 2 aromatic rings. The molecular formula is C16H17N5O. The van der Waals surface area contributed by atoms with E-state index in [1.807, 2.05) is 6.07 Å². The van der Waals surface area contributed by atoms with E-state index in [-0.39, 0.29) is 11.6 Å². The number of amides is 1. The van der Waals surface area contributed by atoms with Crippen LogP contribution in [0.2, 0.25) is 0 Å². The molecule has 0 fully saturated rings. The molecule has 6 nitrogen and oxygen atoms in total. The number of unbranched alkanes of at least 4 members (excludes halogenated alkanes) is 1. The van der Waals surface area contributed by atoms with E-state index in [4.69, 9.17) is 5.26 Å². The number of nitrogens with zero attached hydrogens (tertiary/aromatic N) is 3. The van der Waals surface area contributed by atoms with Crippen LogP contribution in [0.4, 0.5) is 11.5 Å². The second-order valence-corrected chi connectivity index (χ2v) is 4.72. The van der Waals surface area contributed by atoms with Gasteiger partial charge in [-0.25, -0.2) is 9.97 Å². The third kappa shape index (κ3) is 4.28. The Bertz CT molecular complexity index is 693. The van der Waals surface area contributed by atoms with Gasteiger partial charge in [-0.1, -0.05) is 19.4 Å². The normalized spacial score (nSPS) is 9.82. The van der Waals surface area contributed by atoms with E-state index < -0.39 is 0 Å². The van der Waals surface area contributed by atoms with Crippen molar-refractivity contribution in [3.8, 4) is 6.07 Å². The van der Waals surface area contributed by atoms with Crippen LogP contribution in [-0.4, -0.2) is 22.4 Å². The van der Waals surface area contributed by atoms with E-state index in [1.54, 1.807) is 30.3 Å². The van der Waals surface area contributed by atoms with Crippen LogP contribution in [0.1, 0.15) is 35.8 Å². The highest BCUT2D eigenvalue weighted by Crippen LogP contribution is 2.12. The summed E-state index contributed by atoms with van der Waals surface area (Å²) in [6, 6.07) is 10.4. The first-order valence-electron chi connectivity index (χ1n) is 7.10. The van der Waals surface area contributed by atoms with Crippen molar-refractivity contribution in [3.05, 3.63) is 47.9 Å². The molecule has 6 heteroatoms. The van der Waals surface area contributed by atoms with E-state index in [2.05, 4.69) is 27.5 Å². The number of rotatable bonds is 6. The molecule has 1 heterocycles. The van der Waals surface area contributed by atoms with Crippen LogP contribution in [-0.2, 0) is 0 Å². The van der Waals surface area contributed by atoms with Crippen LogP contribution in [0, 0.1) is 11.3 Å². The molecule has 0 bridgehead atoms. The number of carbonyl (C=O) groups excluding carboxylic acids is 1. The maximum Gasteiger partial charge on any atom is 0.274 e. The second kappa shape index (κ2) is 7.74. The summed E-state index contributed by atoms with van der Waals surface area (Å²) in [7, 11) is 0. The van der Waals surface area contributed by atoms with Crippen LogP contribution in [0.3, 0.4) is 0 Å². The number of anilines is 2. The van der Waals surface area contributed by atoms with Gasteiger partial charge in [0.05, 0.1) is 11.6 Å². The van der Waals surface area contributed by atoms with Crippen LogP contribution in [0.15, 0.2) is 36.7 Å². The zero-order valence-corrected chi connectivity index (χ0v) is 12.3. The monoisotopic (exact) mass is 295 g/mol. The molecule has 112 valence electrons. The molecule has 0 radical (unpaired) electrons. The van der Waals surface area contributed by atoms with Crippen molar-refractivity contribution in [2.24, 2.45) is 0 Å². The van der Waals surface area contributed by atoms with E-state index in [9.17, 15) is 4.79 Å². The third-order valence-corrected chi connectivity index (χ3v) is 2.99. The molecule has 0 saturated heterocycles. The fraction of sp³-hybridized carbons (Fsp3) is 0.250. The fourth-order valence-corrected chi connectivity index (χ4v) is 1.83. The van der Waals surface area contributed by atoms with E-state index in [0.29, 0.717) is 17.1 Å². The molecule has 0 atom stereocenters. The summed E-state index contributed by atoms with van der Waals surface area (Å²) in [5.41, 5.74) is 1.32. The third-order valence-electron chi connectivity index (χ3n) is 2.99. The summed E-state index contributed by atoms with van der Waals surface area (Å²) in [4.78, 5) is 20.2. The van der Waals surface area contributed by atoms with Crippen LogP contribution < -0.4 is 10.6 Å². The van der Waals surface area contributed by atoms with Crippen molar-refractivity contribution in [2.75, 3.05) is 17.2 Å². The summed E-state index contributed by atoms with van der Waals surface area (Å²) in [5.74, 6) is 0.287. The van der Waals surface area contributed by atoms with Crippen molar-refractivity contribution >= 4 is 17.4 Å². The lowest BCUT2D eigenvalue weighted by molar-refractivity contribution is 0.102. The van der Waals surface area contributed by atoms with Gasteiger partial charge in [0, 0.05) is 18.3 Å². The Morgan fingerprint density at radius 1 is 1.32 bits per heavy atom. The molecular weight excluding hydrogens is 278 g/mol. The minimum Gasteiger partial charge on any atom is -0.370 e.